The minimum Gasteiger partial charge on any atom is -0.360 e. The smallest absolute Gasteiger partial charge is 0.360 e. The minimum absolute atomic E-state index is 0.0180. The number of aromatic nitrogens is 4. The van der Waals surface area contributed by atoms with Gasteiger partial charge in [0.15, 0.2) is 5.69 Å². The summed E-state index contributed by atoms with van der Waals surface area (Å²) >= 11 is 5.80. The highest BCUT2D eigenvalue weighted by molar-refractivity contribution is 6.28. The van der Waals surface area contributed by atoms with Crippen molar-refractivity contribution in [3.05, 3.63) is 68.4 Å². The highest BCUT2D eigenvalue weighted by Crippen LogP contribution is 2.32. The Morgan fingerprint density at radius 3 is 2.42 bits per heavy atom. The molecule has 164 valence electrons. The number of halogens is 4. The highest BCUT2D eigenvalue weighted by atomic mass is 35.5. The van der Waals surface area contributed by atoms with Gasteiger partial charge < -0.3 is 5.32 Å². The number of nitro groups is 1. The zero-order chi connectivity index (χ0) is 22.9. The second kappa shape index (κ2) is 8.50. The maximum absolute atomic E-state index is 13.1. The van der Waals surface area contributed by atoms with Crippen LogP contribution in [-0.4, -0.2) is 24.7 Å². The quantitative estimate of drug-likeness (QED) is 0.309. The Bertz CT molecular complexity index is 1110. The van der Waals surface area contributed by atoms with Gasteiger partial charge in [0, 0.05) is 12.2 Å². The number of hydrogen-bond acceptors (Lipinski definition) is 6. The second-order valence-corrected chi connectivity index (χ2v) is 7.41. The molecular formula is C19H18ClF3N6O2. The normalized spacial score (nSPS) is 11.7. The van der Waals surface area contributed by atoms with Crippen LogP contribution in [0, 0.1) is 17.0 Å². The van der Waals surface area contributed by atoms with E-state index in [0.717, 1.165) is 11.6 Å². The van der Waals surface area contributed by atoms with E-state index >= 15 is 0 Å². The Morgan fingerprint density at radius 2 is 1.87 bits per heavy atom. The third kappa shape index (κ3) is 4.93. The molecule has 0 aliphatic rings. The molecule has 0 radical (unpaired) electrons. The van der Waals surface area contributed by atoms with Crippen LogP contribution in [0.25, 0.3) is 5.69 Å². The van der Waals surface area contributed by atoms with Gasteiger partial charge in [-0.25, -0.2) is 9.67 Å². The van der Waals surface area contributed by atoms with Crippen molar-refractivity contribution in [3.8, 4) is 5.69 Å². The van der Waals surface area contributed by atoms with Crippen molar-refractivity contribution in [1.82, 2.24) is 19.7 Å². The summed E-state index contributed by atoms with van der Waals surface area (Å²) in [6.07, 6.45) is -4.54. The van der Waals surface area contributed by atoms with Crippen molar-refractivity contribution in [2.24, 2.45) is 0 Å². The van der Waals surface area contributed by atoms with Crippen molar-refractivity contribution < 1.29 is 18.1 Å². The first kappa shape index (κ1) is 22.5. The van der Waals surface area contributed by atoms with E-state index in [1.807, 2.05) is 0 Å². The standard InChI is InChI=1S/C19H18ClF3N6O2/c1-10(2)14-8-15(19(21,22)23)27-28(14)13-6-4-12(5-7-13)9-24-17-16(29(30)31)11(3)25-18(20)26-17/h4-8,10H,9H2,1-3H3,(H,24,25,26). The molecule has 0 bridgehead atoms. The van der Waals surface area contributed by atoms with Crippen molar-refractivity contribution in [3.63, 3.8) is 0 Å². The average molecular weight is 455 g/mol. The first-order chi connectivity index (χ1) is 14.5. The highest BCUT2D eigenvalue weighted by Gasteiger charge is 2.35. The zero-order valence-corrected chi connectivity index (χ0v) is 17.5. The van der Waals surface area contributed by atoms with E-state index in [1.165, 1.54) is 11.6 Å². The van der Waals surface area contributed by atoms with E-state index in [2.05, 4.69) is 20.4 Å². The Kier molecular flexibility index (Phi) is 6.16. The maximum atomic E-state index is 13.1. The van der Waals surface area contributed by atoms with Crippen LogP contribution < -0.4 is 5.32 Å². The lowest BCUT2D eigenvalue weighted by molar-refractivity contribution is -0.385. The third-order valence-corrected chi connectivity index (χ3v) is 4.64. The largest absolute Gasteiger partial charge is 0.435 e. The third-order valence-electron chi connectivity index (χ3n) is 4.47. The Morgan fingerprint density at radius 1 is 1.23 bits per heavy atom. The lowest BCUT2D eigenvalue weighted by Gasteiger charge is -2.11. The summed E-state index contributed by atoms with van der Waals surface area (Å²) in [6, 6.07) is 7.66. The molecule has 0 unspecified atom stereocenters. The molecule has 1 aromatic carbocycles. The Labute approximate surface area is 180 Å². The van der Waals surface area contributed by atoms with Crippen LogP contribution in [0.2, 0.25) is 5.28 Å². The van der Waals surface area contributed by atoms with Crippen LogP contribution in [0.15, 0.2) is 30.3 Å². The number of benzene rings is 1. The first-order valence-electron chi connectivity index (χ1n) is 9.16. The van der Waals surface area contributed by atoms with Gasteiger partial charge in [0.25, 0.3) is 0 Å². The van der Waals surface area contributed by atoms with Crippen LogP contribution in [0.3, 0.4) is 0 Å². The summed E-state index contributed by atoms with van der Waals surface area (Å²) in [5, 5.41) is 17.7. The monoisotopic (exact) mass is 454 g/mol. The minimum atomic E-state index is -4.54. The number of anilines is 1. The van der Waals surface area contributed by atoms with Crippen molar-refractivity contribution in [1.29, 1.82) is 0 Å². The topological polar surface area (TPSA) is 98.8 Å². The van der Waals surface area contributed by atoms with Gasteiger partial charge in [-0.15, -0.1) is 0 Å². The van der Waals surface area contributed by atoms with Gasteiger partial charge in [-0.3, -0.25) is 10.1 Å². The molecular weight excluding hydrogens is 437 g/mol. The fourth-order valence-corrected chi connectivity index (χ4v) is 3.18. The van der Waals surface area contributed by atoms with Gasteiger partial charge in [-0.2, -0.15) is 23.3 Å². The van der Waals surface area contributed by atoms with Crippen molar-refractivity contribution in [2.45, 2.75) is 39.4 Å². The number of nitrogens with one attached hydrogen (secondary N) is 1. The maximum Gasteiger partial charge on any atom is 0.435 e. The zero-order valence-electron chi connectivity index (χ0n) is 16.7. The number of hydrogen-bond donors (Lipinski definition) is 1. The van der Waals surface area contributed by atoms with Crippen LogP contribution in [0.1, 0.15) is 42.4 Å². The molecule has 0 saturated carbocycles. The van der Waals surface area contributed by atoms with Crippen LogP contribution in [0.4, 0.5) is 24.7 Å². The molecule has 3 aromatic rings. The first-order valence-corrected chi connectivity index (χ1v) is 9.54. The molecule has 0 amide bonds. The second-order valence-electron chi connectivity index (χ2n) is 7.07. The molecule has 0 fully saturated rings. The van der Waals surface area contributed by atoms with Gasteiger partial charge in [0.1, 0.15) is 5.69 Å². The van der Waals surface area contributed by atoms with Gasteiger partial charge in [-0.05, 0) is 48.2 Å². The van der Waals surface area contributed by atoms with E-state index in [9.17, 15) is 23.3 Å². The lowest BCUT2D eigenvalue weighted by Crippen LogP contribution is -2.09. The predicted octanol–water partition coefficient (Wildman–Crippen LogP) is 5.29. The van der Waals surface area contributed by atoms with Crippen LogP contribution >= 0.6 is 11.6 Å². The summed E-state index contributed by atoms with van der Waals surface area (Å²) < 4.78 is 40.5. The molecule has 1 N–H and O–H groups in total. The van der Waals surface area contributed by atoms with E-state index in [-0.39, 0.29) is 34.9 Å². The molecule has 2 aromatic heterocycles. The molecule has 0 atom stereocenters. The summed E-state index contributed by atoms with van der Waals surface area (Å²) in [4.78, 5) is 18.3. The van der Waals surface area contributed by atoms with Crippen molar-refractivity contribution >= 4 is 23.1 Å². The Hall–Kier alpha value is -3.21. The fraction of sp³-hybridized carbons (Fsp3) is 0.316. The van der Waals surface area contributed by atoms with E-state index in [4.69, 9.17) is 11.6 Å². The predicted molar refractivity (Wildman–Crippen MR) is 108 cm³/mol. The summed E-state index contributed by atoms with van der Waals surface area (Å²) in [6.45, 7) is 5.20. The molecule has 31 heavy (non-hydrogen) atoms. The molecule has 12 heteroatoms. The molecule has 3 rings (SSSR count). The van der Waals surface area contributed by atoms with E-state index < -0.39 is 16.8 Å². The lowest BCUT2D eigenvalue weighted by atomic mass is 10.1. The summed E-state index contributed by atoms with van der Waals surface area (Å²) in [7, 11) is 0. The number of nitrogens with zero attached hydrogens (tertiary/aromatic N) is 5. The van der Waals surface area contributed by atoms with Crippen LogP contribution in [-0.2, 0) is 12.7 Å². The average Bonchev–Trinajstić information content (AvgIpc) is 3.12. The SMILES string of the molecule is Cc1nc(Cl)nc(NCc2ccc(-n3nc(C(F)(F)F)cc3C(C)C)cc2)c1[N+](=O)[O-]. The number of alkyl halides is 3. The van der Waals surface area contributed by atoms with E-state index in [0.29, 0.717) is 11.4 Å². The van der Waals surface area contributed by atoms with E-state index in [1.54, 1.807) is 38.1 Å². The Balaban J connectivity index is 1.84. The summed E-state index contributed by atoms with van der Waals surface area (Å²) in [5.74, 6) is -0.188. The van der Waals surface area contributed by atoms with Crippen molar-refractivity contribution in [2.75, 3.05) is 5.32 Å². The fourth-order valence-electron chi connectivity index (χ4n) is 2.97. The van der Waals surface area contributed by atoms with Gasteiger partial charge >= 0.3 is 11.9 Å². The van der Waals surface area contributed by atoms with Crippen LogP contribution in [0.5, 0.6) is 0 Å². The molecule has 2 heterocycles. The van der Waals surface area contributed by atoms with Gasteiger partial charge in [0.05, 0.1) is 10.6 Å². The van der Waals surface area contributed by atoms with Gasteiger partial charge in [-0.1, -0.05) is 26.0 Å². The number of aryl methyl sites for hydroxylation is 1. The molecule has 0 saturated heterocycles. The molecule has 0 aliphatic heterocycles. The summed E-state index contributed by atoms with van der Waals surface area (Å²) in [5.41, 5.74) is 0.516. The number of rotatable bonds is 6. The van der Waals surface area contributed by atoms with Gasteiger partial charge in [0.2, 0.25) is 11.1 Å². The molecule has 0 spiro atoms. The molecule has 0 aliphatic carbocycles. The molecule has 8 nitrogen and oxygen atoms in total.